The molecule has 0 aromatic rings. The topological polar surface area (TPSA) is 55.6 Å². The number of likely N-dealkylation sites (tertiary alicyclic amines) is 1. The molecule has 4 nitrogen and oxygen atoms in total. The van der Waals surface area contributed by atoms with Crippen molar-refractivity contribution in [3.63, 3.8) is 0 Å². The summed E-state index contributed by atoms with van der Waals surface area (Å²) < 4.78 is 5.01. The van der Waals surface area contributed by atoms with Crippen LogP contribution in [0.4, 0.5) is 4.79 Å². The van der Waals surface area contributed by atoms with Gasteiger partial charge < -0.3 is 15.4 Å². The van der Waals surface area contributed by atoms with Crippen LogP contribution in [-0.2, 0) is 4.74 Å². The Morgan fingerprint density at radius 3 is 2.35 bits per heavy atom. The number of amides is 1. The zero-order chi connectivity index (χ0) is 12.7. The number of hydrogen-bond acceptors (Lipinski definition) is 3. The molecule has 1 atom stereocenters. The molecule has 1 aliphatic carbocycles. The lowest BCUT2D eigenvalue weighted by Crippen LogP contribution is -2.46. The van der Waals surface area contributed by atoms with E-state index in [4.69, 9.17) is 10.5 Å². The molecule has 1 heterocycles. The Morgan fingerprint density at radius 2 is 1.94 bits per heavy atom. The van der Waals surface area contributed by atoms with Gasteiger partial charge in [-0.15, -0.1) is 0 Å². The first-order valence-electron chi connectivity index (χ1n) is 6.61. The predicted molar refractivity (Wildman–Crippen MR) is 66.6 cm³/mol. The number of carbonyl (C=O) groups excluding carboxylic acids is 1. The Morgan fingerprint density at radius 1 is 1.41 bits per heavy atom. The Balaban J connectivity index is 1.85. The van der Waals surface area contributed by atoms with Crippen LogP contribution in [0.25, 0.3) is 0 Å². The molecule has 0 aromatic heterocycles. The predicted octanol–water partition coefficient (Wildman–Crippen LogP) is 1.98. The quantitative estimate of drug-likeness (QED) is 0.803. The van der Waals surface area contributed by atoms with Crippen LogP contribution in [0.15, 0.2) is 0 Å². The minimum atomic E-state index is -0.174. The Hall–Kier alpha value is -0.770. The van der Waals surface area contributed by atoms with Crippen LogP contribution in [-0.4, -0.2) is 36.2 Å². The molecule has 1 saturated heterocycles. The maximum absolute atomic E-state index is 11.6. The van der Waals surface area contributed by atoms with Crippen LogP contribution in [0.3, 0.4) is 0 Å². The van der Waals surface area contributed by atoms with Gasteiger partial charge in [0.25, 0.3) is 0 Å². The number of hydrogen-bond donors (Lipinski definition) is 1. The second-order valence-electron chi connectivity index (χ2n) is 6.06. The number of rotatable bonds is 2. The summed E-state index contributed by atoms with van der Waals surface area (Å²) >= 11 is 0. The molecule has 1 unspecified atom stereocenters. The van der Waals surface area contributed by atoms with E-state index in [0.717, 1.165) is 32.4 Å². The van der Waals surface area contributed by atoms with Crippen molar-refractivity contribution in [2.45, 2.75) is 45.6 Å². The monoisotopic (exact) mass is 240 g/mol. The Labute approximate surface area is 103 Å². The molecular weight excluding hydrogens is 216 g/mol. The van der Waals surface area contributed by atoms with Gasteiger partial charge in [-0.2, -0.15) is 0 Å². The average molecular weight is 240 g/mol. The summed E-state index contributed by atoms with van der Waals surface area (Å²) in [6.45, 7) is 8.35. The van der Waals surface area contributed by atoms with Crippen molar-refractivity contribution in [1.29, 1.82) is 0 Å². The van der Waals surface area contributed by atoms with E-state index in [2.05, 4.69) is 13.8 Å². The zero-order valence-electron chi connectivity index (χ0n) is 11.2. The summed E-state index contributed by atoms with van der Waals surface area (Å²) in [5.74, 6) is 0.558. The standard InChI is InChI=1S/C13H24N2O2/c1-4-17-11(16)15-7-5-10(6-8-15)13(14)9-12(13,2)3/h10H,4-9,14H2,1-3H3. The second-order valence-corrected chi connectivity index (χ2v) is 6.06. The molecule has 1 amide bonds. The highest BCUT2D eigenvalue weighted by Crippen LogP contribution is 2.59. The largest absolute Gasteiger partial charge is 0.450 e. The van der Waals surface area contributed by atoms with Crippen LogP contribution in [0.2, 0.25) is 0 Å². The second kappa shape index (κ2) is 4.16. The summed E-state index contributed by atoms with van der Waals surface area (Å²) in [5, 5.41) is 0. The third-order valence-electron chi connectivity index (χ3n) is 4.62. The molecular formula is C13H24N2O2. The third-order valence-corrected chi connectivity index (χ3v) is 4.62. The Kier molecular flexibility index (Phi) is 3.10. The fourth-order valence-electron chi connectivity index (χ4n) is 3.18. The number of piperidine rings is 1. The van der Waals surface area contributed by atoms with Gasteiger partial charge in [-0.1, -0.05) is 13.8 Å². The van der Waals surface area contributed by atoms with E-state index in [-0.39, 0.29) is 17.0 Å². The normalized spacial score (nSPS) is 32.4. The van der Waals surface area contributed by atoms with Crippen molar-refractivity contribution in [3.8, 4) is 0 Å². The van der Waals surface area contributed by atoms with Crippen LogP contribution >= 0.6 is 0 Å². The summed E-state index contributed by atoms with van der Waals surface area (Å²) in [4.78, 5) is 13.4. The molecule has 98 valence electrons. The van der Waals surface area contributed by atoms with E-state index >= 15 is 0 Å². The SMILES string of the molecule is CCOC(=O)N1CCC(C2(N)CC2(C)C)CC1. The first kappa shape index (κ1) is 12.7. The van der Waals surface area contributed by atoms with Gasteiger partial charge in [0.15, 0.2) is 0 Å². The highest BCUT2D eigenvalue weighted by atomic mass is 16.6. The molecule has 2 rings (SSSR count). The van der Waals surface area contributed by atoms with Crippen molar-refractivity contribution < 1.29 is 9.53 Å². The van der Waals surface area contributed by atoms with Gasteiger partial charge in [0.2, 0.25) is 0 Å². The third kappa shape index (κ3) is 2.15. The summed E-state index contributed by atoms with van der Waals surface area (Å²) in [6.07, 6.45) is 2.97. The van der Waals surface area contributed by atoms with Crippen molar-refractivity contribution in [2.24, 2.45) is 17.1 Å². The van der Waals surface area contributed by atoms with Crippen molar-refractivity contribution >= 4 is 6.09 Å². The summed E-state index contributed by atoms with van der Waals surface area (Å²) in [5.41, 5.74) is 6.73. The van der Waals surface area contributed by atoms with Crippen LogP contribution in [0.1, 0.15) is 40.0 Å². The summed E-state index contributed by atoms with van der Waals surface area (Å²) in [6, 6.07) is 0. The molecule has 0 bridgehead atoms. The molecule has 2 fully saturated rings. The van der Waals surface area contributed by atoms with E-state index in [1.807, 2.05) is 6.92 Å². The number of nitrogens with two attached hydrogens (primary N) is 1. The fourth-order valence-corrected chi connectivity index (χ4v) is 3.18. The molecule has 0 radical (unpaired) electrons. The zero-order valence-corrected chi connectivity index (χ0v) is 11.2. The number of ether oxygens (including phenoxy) is 1. The van der Waals surface area contributed by atoms with E-state index < -0.39 is 0 Å². The van der Waals surface area contributed by atoms with Crippen molar-refractivity contribution in [2.75, 3.05) is 19.7 Å². The molecule has 4 heteroatoms. The lowest BCUT2D eigenvalue weighted by molar-refractivity contribution is 0.0855. The highest BCUT2D eigenvalue weighted by Gasteiger charge is 2.62. The fraction of sp³-hybridized carbons (Fsp3) is 0.923. The molecule has 2 aliphatic rings. The number of carbonyl (C=O) groups is 1. The minimum absolute atomic E-state index is 0.00769. The maximum atomic E-state index is 11.6. The smallest absolute Gasteiger partial charge is 0.409 e. The highest BCUT2D eigenvalue weighted by molar-refractivity contribution is 5.67. The van der Waals surface area contributed by atoms with Gasteiger partial charge in [-0.05, 0) is 37.5 Å². The maximum Gasteiger partial charge on any atom is 0.409 e. The van der Waals surface area contributed by atoms with E-state index in [1.165, 1.54) is 0 Å². The first-order valence-corrected chi connectivity index (χ1v) is 6.61. The molecule has 1 saturated carbocycles. The summed E-state index contributed by atoms with van der Waals surface area (Å²) in [7, 11) is 0. The van der Waals surface area contributed by atoms with E-state index in [9.17, 15) is 4.79 Å². The van der Waals surface area contributed by atoms with Crippen LogP contribution < -0.4 is 5.73 Å². The van der Waals surface area contributed by atoms with Gasteiger partial charge in [0, 0.05) is 18.6 Å². The molecule has 0 aromatic carbocycles. The lowest BCUT2D eigenvalue weighted by Gasteiger charge is -2.35. The van der Waals surface area contributed by atoms with E-state index in [0.29, 0.717) is 12.5 Å². The van der Waals surface area contributed by atoms with Gasteiger partial charge in [-0.25, -0.2) is 4.79 Å². The van der Waals surface area contributed by atoms with Crippen molar-refractivity contribution in [3.05, 3.63) is 0 Å². The lowest BCUT2D eigenvalue weighted by atomic mass is 9.83. The molecule has 1 aliphatic heterocycles. The van der Waals surface area contributed by atoms with Gasteiger partial charge >= 0.3 is 6.09 Å². The van der Waals surface area contributed by atoms with Crippen molar-refractivity contribution in [1.82, 2.24) is 4.90 Å². The minimum Gasteiger partial charge on any atom is -0.450 e. The van der Waals surface area contributed by atoms with E-state index in [1.54, 1.807) is 4.90 Å². The van der Waals surface area contributed by atoms with Gasteiger partial charge in [-0.3, -0.25) is 0 Å². The molecule has 0 spiro atoms. The molecule has 2 N–H and O–H groups in total. The molecule has 17 heavy (non-hydrogen) atoms. The first-order chi connectivity index (χ1) is 7.90. The van der Waals surface area contributed by atoms with Gasteiger partial charge in [0.05, 0.1) is 6.61 Å². The number of nitrogens with zero attached hydrogens (tertiary/aromatic N) is 1. The Bertz CT molecular complexity index is 309. The van der Waals surface area contributed by atoms with Crippen LogP contribution in [0, 0.1) is 11.3 Å². The average Bonchev–Trinajstić information content (AvgIpc) is 2.80. The van der Waals surface area contributed by atoms with Crippen LogP contribution in [0.5, 0.6) is 0 Å². The van der Waals surface area contributed by atoms with Gasteiger partial charge in [0.1, 0.15) is 0 Å².